The Morgan fingerprint density at radius 1 is 1.05 bits per heavy atom. The Morgan fingerprint density at radius 3 is 2.43 bits per heavy atom. The summed E-state index contributed by atoms with van der Waals surface area (Å²) in [5, 5.41) is 0. The first kappa shape index (κ1) is 15.1. The van der Waals surface area contributed by atoms with Crippen molar-refractivity contribution in [2.45, 2.75) is 64.3 Å². The van der Waals surface area contributed by atoms with Gasteiger partial charge in [-0.25, -0.2) is 0 Å². The molecule has 1 nitrogen and oxygen atoms in total. The van der Waals surface area contributed by atoms with Gasteiger partial charge in [-0.05, 0) is 75.9 Å². The van der Waals surface area contributed by atoms with Crippen LogP contribution in [-0.2, 0) is 0 Å². The fraction of sp³-hybridized carbons (Fsp3) is 0.700. The smallest absolute Gasteiger partial charge is 0.00385 e. The molecule has 21 heavy (non-hydrogen) atoms. The van der Waals surface area contributed by atoms with Gasteiger partial charge in [0.15, 0.2) is 0 Å². The molecule has 1 saturated heterocycles. The molecule has 1 saturated carbocycles. The summed E-state index contributed by atoms with van der Waals surface area (Å²) in [6.45, 7) is 7.32. The molecule has 2 aliphatic rings. The van der Waals surface area contributed by atoms with Gasteiger partial charge in [0.2, 0.25) is 0 Å². The van der Waals surface area contributed by atoms with Crippen LogP contribution in [0.5, 0.6) is 0 Å². The lowest BCUT2D eigenvalue weighted by Crippen LogP contribution is -2.38. The van der Waals surface area contributed by atoms with Crippen molar-refractivity contribution in [1.82, 2.24) is 4.90 Å². The third kappa shape index (κ3) is 4.10. The molecule has 0 N–H and O–H groups in total. The Kier molecular flexibility index (Phi) is 5.00. The summed E-state index contributed by atoms with van der Waals surface area (Å²) in [5.41, 5.74) is 1.58. The molecule has 1 aromatic carbocycles. The second-order valence-corrected chi connectivity index (χ2v) is 7.52. The molecule has 1 aromatic rings. The van der Waals surface area contributed by atoms with E-state index in [1.807, 2.05) is 0 Å². The highest BCUT2D eigenvalue weighted by molar-refractivity contribution is 5.25. The summed E-state index contributed by atoms with van der Waals surface area (Å²) in [5.74, 6) is 2.88. The molecular formula is C20H31N. The Balaban J connectivity index is 1.32. The van der Waals surface area contributed by atoms with Gasteiger partial charge >= 0.3 is 0 Å². The third-order valence-corrected chi connectivity index (χ3v) is 5.72. The quantitative estimate of drug-likeness (QED) is 0.704. The van der Waals surface area contributed by atoms with Crippen molar-refractivity contribution < 1.29 is 0 Å². The second kappa shape index (κ2) is 6.96. The Morgan fingerprint density at radius 2 is 1.76 bits per heavy atom. The summed E-state index contributed by atoms with van der Waals surface area (Å²) in [6.07, 6.45) is 8.71. The minimum Gasteiger partial charge on any atom is -0.301 e. The lowest BCUT2D eigenvalue weighted by molar-refractivity contribution is 0.144. The molecule has 0 radical (unpaired) electrons. The summed E-state index contributed by atoms with van der Waals surface area (Å²) in [4.78, 5) is 2.64. The zero-order valence-electron chi connectivity index (χ0n) is 13.8. The van der Waals surface area contributed by atoms with Crippen molar-refractivity contribution in [3.05, 3.63) is 35.9 Å². The molecule has 0 unspecified atom stereocenters. The number of nitrogens with zero attached hydrogens (tertiary/aromatic N) is 1. The molecule has 0 spiro atoms. The topological polar surface area (TPSA) is 3.24 Å². The van der Waals surface area contributed by atoms with Crippen molar-refractivity contribution in [3.8, 4) is 0 Å². The van der Waals surface area contributed by atoms with Crippen molar-refractivity contribution in [3.63, 3.8) is 0 Å². The minimum atomic E-state index is 0.740. The van der Waals surface area contributed by atoms with Crippen LogP contribution < -0.4 is 0 Å². The zero-order chi connectivity index (χ0) is 14.7. The number of rotatable bonds is 6. The molecule has 2 atom stereocenters. The van der Waals surface area contributed by atoms with E-state index in [-0.39, 0.29) is 0 Å². The van der Waals surface area contributed by atoms with Crippen LogP contribution in [-0.4, -0.2) is 24.0 Å². The van der Waals surface area contributed by atoms with Gasteiger partial charge in [0.1, 0.15) is 0 Å². The van der Waals surface area contributed by atoms with Crippen molar-refractivity contribution in [1.29, 1.82) is 0 Å². The summed E-state index contributed by atoms with van der Waals surface area (Å²) >= 11 is 0. The average Bonchev–Trinajstić information content (AvgIpc) is 3.28. The molecule has 1 heteroatoms. The van der Waals surface area contributed by atoms with Crippen LogP contribution in [0, 0.1) is 11.8 Å². The van der Waals surface area contributed by atoms with Crippen molar-refractivity contribution in [2.24, 2.45) is 11.8 Å². The SMILES string of the molecule is CC(C)N1CCC(CCC[C@@H]2C[C@H]2c2ccccc2)CC1. The molecule has 0 bridgehead atoms. The van der Waals surface area contributed by atoms with Crippen molar-refractivity contribution in [2.75, 3.05) is 13.1 Å². The van der Waals surface area contributed by atoms with E-state index in [9.17, 15) is 0 Å². The van der Waals surface area contributed by atoms with Crippen LogP contribution in [0.4, 0.5) is 0 Å². The van der Waals surface area contributed by atoms with E-state index < -0.39 is 0 Å². The number of piperidine rings is 1. The summed E-state index contributed by atoms with van der Waals surface area (Å²) < 4.78 is 0. The summed E-state index contributed by atoms with van der Waals surface area (Å²) in [6, 6.07) is 11.9. The lowest BCUT2D eigenvalue weighted by Gasteiger charge is -2.34. The van der Waals surface area contributed by atoms with Crippen molar-refractivity contribution >= 4 is 0 Å². The lowest BCUT2D eigenvalue weighted by atomic mass is 9.90. The van der Waals surface area contributed by atoms with Crippen LogP contribution in [0.1, 0.15) is 63.9 Å². The predicted octanol–water partition coefficient (Wildman–Crippen LogP) is 5.08. The fourth-order valence-electron chi connectivity index (χ4n) is 4.10. The molecule has 0 aromatic heterocycles. The van der Waals surface area contributed by atoms with Gasteiger partial charge in [-0.15, -0.1) is 0 Å². The van der Waals surface area contributed by atoms with Gasteiger partial charge in [0.25, 0.3) is 0 Å². The molecule has 2 fully saturated rings. The van der Waals surface area contributed by atoms with E-state index in [1.165, 1.54) is 51.6 Å². The van der Waals surface area contributed by atoms with Crippen LogP contribution in [0.3, 0.4) is 0 Å². The minimum absolute atomic E-state index is 0.740. The number of hydrogen-bond donors (Lipinski definition) is 0. The largest absolute Gasteiger partial charge is 0.301 e. The van der Waals surface area contributed by atoms with Crippen LogP contribution >= 0.6 is 0 Å². The Hall–Kier alpha value is -0.820. The van der Waals surface area contributed by atoms with Gasteiger partial charge in [0.05, 0.1) is 0 Å². The van der Waals surface area contributed by atoms with Crippen LogP contribution in [0.15, 0.2) is 30.3 Å². The second-order valence-electron chi connectivity index (χ2n) is 7.52. The normalized spacial score (nSPS) is 27.2. The molecule has 0 amide bonds. The first-order valence-corrected chi connectivity index (χ1v) is 9.03. The molecule has 1 heterocycles. The van der Waals surface area contributed by atoms with Gasteiger partial charge < -0.3 is 4.90 Å². The maximum Gasteiger partial charge on any atom is 0.00385 e. The van der Waals surface area contributed by atoms with Crippen LogP contribution in [0.2, 0.25) is 0 Å². The molecule has 3 rings (SSSR count). The maximum atomic E-state index is 2.64. The van der Waals surface area contributed by atoms with Crippen LogP contribution in [0.25, 0.3) is 0 Å². The standard InChI is InChI=1S/C20H31N/c1-16(2)21-13-11-17(12-14-21)7-6-10-19-15-20(19)18-8-4-3-5-9-18/h3-5,8-9,16-17,19-20H,6-7,10-15H2,1-2H3/t19-,20+/m1/s1. The summed E-state index contributed by atoms with van der Waals surface area (Å²) in [7, 11) is 0. The van der Waals surface area contributed by atoms with E-state index in [1.54, 1.807) is 5.56 Å². The fourth-order valence-corrected chi connectivity index (χ4v) is 4.10. The first-order valence-electron chi connectivity index (χ1n) is 9.03. The number of benzene rings is 1. The Labute approximate surface area is 130 Å². The number of likely N-dealkylation sites (tertiary alicyclic amines) is 1. The Bertz CT molecular complexity index is 417. The first-order chi connectivity index (χ1) is 10.2. The van der Waals surface area contributed by atoms with E-state index in [0.29, 0.717) is 0 Å². The van der Waals surface area contributed by atoms with Gasteiger partial charge in [-0.2, -0.15) is 0 Å². The predicted molar refractivity (Wildman–Crippen MR) is 90.6 cm³/mol. The monoisotopic (exact) mass is 285 g/mol. The van der Waals surface area contributed by atoms with E-state index in [4.69, 9.17) is 0 Å². The molecule has 1 aliphatic carbocycles. The highest BCUT2D eigenvalue weighted by Gasteiger charge is 2.37. The molecule has 1 aliphatic heterocycles. The van der Waals surface area contributed by atoms with E-state index in [2.05, 4.69) is 49.1 Å². The highest BCUT2D eigenvalue weighted by atomic mass is 15.1. The third-order valence-electron chi connectivity index (χ3n) is 5.72. The number of hydrogen-bond acceptors (Lipinski definition) is 1. The zero-order valence-corrected chi connectivity index (χ0v) is 13.8. The van der Waals surface area contributed by atoms with Gasteiger partial charge in [-0.3, -0.25) is 0 Å². The average molecular weight is 285 g/mol. The highest BCUT2D eigenvalue weighted by Crippen LogP contribution is 2.50. The molecule has 116 valence electrons. The van der Waals surface area contributed by atoms with E-state index >= 15 is 0 Å². The van der Waals surface area contributed by atoms with Gasteiger partial charge in [-0.1, -0.05) is 43.2 Å². The maximum absolute atomic E-state index is 2.64. The molecular weight excluding hydrogens is 254 g/mol. The van der Waals surface area contributed by atoms with E-state index in [0.717, 1.165) is 23.8 Å². The van der Waals surface area contributed by atoms with Gasteiger partial charge in [0, 0.05) is 6.04 Å².